The molecular weight excluding hydrogens is 414 g/mol. The van der Waals surface area contributed by atoms with Gasteiger partial charge in [-0.15, -0.1) is 11.3 Å². The van der Waals surface area contributed by atoms with E-state index in [0.717, 1.165) is 10.4 Å². The van der Waals surface area contributed by atoms with Crippen molar-refractivity contribution < 1.29 is 24.2 Å². The number of nitrogens with zero attached hydrogens (tertiary/aromatic N) is 1. The fourth-order valence-electron chi connectivity index (χ4n) is 3.83. The second-order valence-electron chi connectivity index (χ2n) is 8.52. The number of methoxy groups -OCH3 is 2. The molecule has 0 spiro atoms. The Hall–Kier alpha value is -2.64. The highest BCUT2D eigenvalue weighted by atomic mass is 32.1. The SMILES string of the molecule is COCCCN1C(=O)C(=O)/C(=C(\O)c2ccc(OC)c(C(C)(C)C)c2)C1c1cccs1. The third kappa shape index (κ3) is 4.52. The van der Waals surface area contributed by atoms with Crippen LogP contribution < -0.4 is 4.74 Å². The number of amides is 1. The first-order valence-corrected chi connectivity index (χ1v) is 11.1. The van der Waals surface area contributed by atoms with Crippen molar-refractivity contribution in [2.45, 2.75) is 38.6 Å². The Kier molecular flexibility index (Phi) is 6.86. The van der Waals surface area contributed by atoms with Gasteiger partial charge in [0.05, 0.1) is 18.7 Å². The summed E-state index contributed by atoms with van der Waals surface area (Å²) in [5, 5.41) is 13.1. The molecule has 1 saturated heterocycles. The van der Waals surface area contributed by atoms with E-state index in [2.05, 4.69) is 20.8 Å². The van der Waals surface area contributed by atoms with Crippen molar-refractivity contribution in [3.63, 3.8) is 0 Å². The number of ether oxygens (including phenoxy) is 2. The smallest absolute Gasteiger partial charge is 0.295 e. The minimum absolute atomic E-state index is 0.120. The highest BCUT2D eigenvalue weighted by molar-refractivity contribution is 7.10. The van der Waals surface area contributed by atoms with E-state index in [-0.39, 0.29) is 16.7 Å². The molecule has 1 amide bonds. The van der Waals surface area contributed by atoms with Gasteiger partial charge in [-0.1, -0.05) is 26.8 Å². The van der Waals surface area contributed by atoms with Gasteiger partial charge in [0.15, 0.2) is 0 Å². The third-order valence-corrected chi connectivity index (χ3v) is 6.31. The van der Waals surface area contributed by atoms with E-state index in [9.17, 15) is 14.7 Å². The van der Waals surface area contributed by atoms with Crippen molar-refractivity contribution in [1.82, 2.24) is 4.90 Å². The molecule has 1 atom stereocenters. The number of aliphatic hydroxyl groups excluding tert-OH is 1. The van der Waals surface area contributed by atoms with E-state index in [0.29, 0.717) is 30.9 Å². The molecule has 1 aliphatic rings. The summed E-state index contributed by atoms with van der Waals surface area (Å²) in [6, 6.07) is 8.47. The molecule has 31 heavy (non-hydrogen) atoms. The lowest BCUT2D eigenvalue weighted by atomic mass is 9.84. The quantitative estimate of drug-likeness (QED) is 0.295. The standard InChI is InChI=1S/C24H29NO5S/c1-24(2,3)16-14-15(9-10-17(16)30-5)21(26)19-20(18-8-6-13-31-18)25(11-7-12-29-4)23(28)22(19)27/h6,8-10,13-14,20,26H,7,11-12H2,1-5H3/b21-19-. The molecule has 0 bridgehead atoms. The Morgan fingerprint density at radius 3 is 2.52 bits per heavy atom. The molecule has 7 heteroatoms. The highest BCUT2D eigenvalue weighted by Gasteiger charge is 2.46. The highest BCUT2D eigenvalue weighted by Crippen LogP contribution is 2.42. The van der Waals surface area contributed by atoms with Gasteiger partial charge in [-0.25, -0.2) is 0 Å². The molecular formula is C24H29NO5S. The van der Waals surface area contributed by atoms with Crippen LogP contribution in [0.15, 0.2) is 41.3 Å². The van der Waals surface area contributed by atoms with E-state index in [1.165, 1.54) is 16.2 Å². The Morgan fingerprint density at radius 2 is 1.94 bits per heavy atom. The van der Waals surface area contributed by atoms with Gasteiger partial charge in [-0.3, -0.25) is 9.59 Å². The molecule has 1 N–H and O–H groups in total. The zero-order valence-electron chi connectivity index (χ0n) is 18.6. The maximum atomic E-state index is 13.0. The van der Waals surface area contributed by atoms with Crippen LogP contribution >= 0.6 is 11.3 Å². The van der Waals surface area contributed by atoms with Crippen molar-refractivity contribution in [2.75, 3.05) is 27.4 Å². The molecule has 1 fully saturated rings. The number of rotatable bonds is 7. The van der Waals surface area contributed by atoms with Crippen molar-refractivity contribution in [1.29, 1.82) is 0 Å². The van der Waals surface area contributed by atoms with Crippen LogP contribution in [-0.2, 0) is 19.7 Å². The molecule has 2 aromatic rings. The van der Waals surface area contributed by atoms with Gasteiger partial charge in [0.1, 0.15) is 11.5 Å². The van der Waals surface area contributed by atoms with Crippen LogP contribution in [0, 0.1) is 0 Å². The van der Waals surface area contributed by atoms with Crippen LogP contribution in [0.4, 0.5) is 0 Å². The molecule has 166 valence electrons. The molecule has 6 nitrogen and oxygen atoms in total. The van der Waals surface area contributed by atoms with Crippen LogP contribution in [0.3, 0.4) is 0 Å². The van der Waals surface area contributed by atoms with E-state index < -0.39 is 17.7 Å². The average Bonchev–Trinajstić information content (AvgIpc) is 3.35. The minimum Gasteiger partial charge on any atom is -0.507 e. The lowest BCUT2D eigenvalue weighted by molar-refractivity contribution is -0.140. The van der Waals surface area contributed by atoms with Gasteiger partial charge >= 0.3 is 0 Å². The molecule has 0 saturated carbocycles. The monoisotopic (exact) mass is 443 g/mol. The predicted molar refractivity (Wildman–Crippen MR) is 122 cm³/mol. The lowest BCUT2D eigenvalue weighted by Gasteiger charge is -2.25. The molecule has 2 heterocycles. The largest absolute Gasteiger partial charge is 0.507 e. The second-order valence-corrected chi connectivity index (χ2v) is 9.50. The van der Waals surface area contributed by atoms with E-state index in [4.69, 9.17) is 9.47 Å². The number of thiophene rings is 1. The van der Waals surface area contributed by atoms with Crippen molar-refractivity contribution in [3.8, 4) is 5.75 Å². The number of Topliss-reactive ketones (excluding diaryl/α,β-unsaturated/α-hetero) is 1. The minimum atomic E-state index is -0.665. The molecule has 3 rings (SSSR count). The van der Waals surface area contributed by atoms with Gasteiger partial charge in [0, 0.05) is 36.3 Å². The summed E-state index contributed by atoms with van der Waals surface area (Å²) in [6.07, 6.45) is 0.599. The summed E-state index contributed by atoms with van der Waals surface area (Å²) in [6.45, 7) is 7.00. The van der Waals surface area contributed by atoms with Crippen molar-refractivity contribution in [2.24, 2.45) is 0 Å². The maximum absolute atomic E-state index is 13.0. The van der Waals surface area contributed by atoms with Gasteiger partial charge in [-0.05, 0) is 41.5 Å². The van der Waals surface area contributed by atoms with Gasteiger partial charge in [0.2, 0.25) is 0 Å². The summed E-state index contributed by atoms with van der Waals surface area (Å²) >= 11 is 1.45. The Balaban J connectivity index is 2.13. The lowest BCUT2D eigenvalue weighted by Crippen LogP contribution is -2.31. The number of hydrogen-bond donors (Lipinski definition) is 1. The topological polar surface area (TPSA) is 76.1 Å². The second kappa shape index (κ2) is 9.24. The van der Waals surface area contributed by atoms with E-state index in [1.54, 1.807) is 26.4 Å². The first kappa shape index (κ1) is 23.0. The predicted octanol–water partition coefficient (Wildman–Crippen LogP) is 4.51. The molecule has 1 aromatic carbocycles. The maximum Gasteiger partial charge on any atom is 0.295 e. The Morgan fingerprint density at radius 1 is 1.19 bits per heavy atom. The summed E-state index contributed by atoms with van der Waals surface area (Å²) in [5.41, 5.74) is 1.28. The molecule has 0 radical (unpaired) electrons. The molecule has 1 unspecified atom stereocenters. The number of ketones is 1. The van der Waals surface area contributed by atoms with E-state index in [1.807, 2.05) is 23.6 Å². The Bertz CT molecular complexity index is 988. The van der Waals surface area contributed by atoms with Gasteiger partial charge < -0.3 is 19.5 Å². The zero-order valence-corrected chi connectivity index (χ0v) is 19.4. The number of likely N-dealkylation sites (tertiary alicyclic amines) is 1. The summed E-state index contributed by atoms with van der Waals surface area (Å²) in [7, 11) is 3.20. The van der Waals surface area contributed by atoms with Crippen molar-refractivity contribution >= 4 is 28.8 Å². The summed E-state index contributed by atoms with van der Waals surface area (Å²) < 4.78 is 10.6. The first-order chi connectivity index (χ1) is 14.7. The molecule has 1 aromatic heterocycles. The van der Waals surface area contributed by atoms with Crippen molar-refractivity contribution in [3.05, 3.63) is 57.3 Å². The van der Waals surface area contributed by atoms with E-state index >= 15 is 0 Å². The molecule has 1 aliphatic heterocycles. The first-order valence-electron chi connectivity index (χ1n) is 10.2. The fourth-order valence-corrected chi connectivity index (χ4v) is 4.67. The van der Waals surface area contributed by atoms with Gasteiger partial charge in [-0.2, -0.15) is 0 Å². The van der Waals surface area contributed by atoms with Crippen LogP contribution in [0.5, 0.6) is 5.75 Å². The number of carbonyl (C=O) groups excluding carboxylic acids is 2. The third-order valence-electron chi connectivity index (χ3n) is 5.38. The fraction of sp³-hybridized carbons (Fsp3) is 0.417. The summed E-state index contributed by atoms with van der Waals surface area (Å²) in [5.74, 6) is -0.722. The van der Waals surface area contributed by atoms with Gasteiger partial charge in [0.25, 0.3) is 11.7 Å². The number of hydrogen-bond acceptors (Lipinski definition) is 6. The number of carbonyl (C=O) groups is 2. The zero-order chi connectivity index (χ0) is 22.8. The van der Waals surface area contributed by atoms with Crippen LogP contribution in [0.25, 0.3) is 5.76 Å². The Labute approximate surface area is 187 Å². The average molecular weight is 444 g/mol. The normalized spacial score (nSPS) is 18.6. The van der Waals surface area contributed by atoms with Crippen LogP contribution in [-0.4, -0.2) is 49.1 Å². The number of aliphatic hydroxyl groups is 1. The molecule has 0 aliphatic carbocycles. The summed E-state index contributed by atoms with van der Waals surface area (Å²) in [4.78, 5) is 28.2. The number of benzene rings is 1. The van der Waals surface area contributed by atoms with Crippen LogP contribution in [0.2, 0.25) is 0 Å². The van der Waals surface area contributed by atoms with Crippen LogP contribution in [0.1, 0.15) is 49.2 Å².